The lowest BCUT2D eigenvalue weighted by Gasteiger charge is -2.16. The minimum Gasteiger partial charge on any atom is -0.316 e. The van der Waals surface area contributed by atoms with Crippen LogP contribution in [0.2, 0.25) is 0 Å². The van der Waals surface area contributed by atoms with Gasteiger partial charge in [0, 0.05) is 35.9 Å². The van der Waals surface area contributed by atoms with E-state index in [1.54, 1.807) is 0 Å². The Labute approximate surface area is 132 Å². The van der Waals surface area contributed by atoms with Crippen molar-refractivity contribution < 1.29 is 0 Å². The summed E-state index contributed by atoms with van der Waals surface area (Å²) < 4.78 is 2.01. The molecule has 0 radical (unpaired) electrons. The van der Waals surface area contributed by atoms with E-state index >= 15 is 0 Å². The molecule has 2 aromatic rings. The molecule has 2 rings (SSSR count). The molecule has 0 aliphatic heterocycles. The van der Waals surface area contributed by atoms with Gasteiger partial charge in [-0.2, -0.15) is 5.10 Å². The van der Waals surface area contributed by atoms with Crippen molar-refractivity contribution in [2.75, 3.05) is 12.8 Å². The number of aryl methyl sites for hydroxylation is 3. The molecule has 0 bridgehead atoms. The summed E-state index contributed by atoms with van der Waals surface area (Å²) in [6.07, 6.45) is 2.01. The summed E-state index contributed by atoms with van der Waals surface area (Å²) in [6.45, 7) is 4.27. The number of likely N-dealkylation sites (N-methyl/N-ethyl adjacent to an activating group) is 1. The Bertz CT molecular complexity index is 560. The minimum absolute atomic E-state index is 0.455. The highest BCUT2D eigenvalue weighted by atomic mass is 32.2. The molecule has 0 saturated carbocycles. The lowest BCUT2D eigenvalue weighted by Crippen LogP contribution is -2.30. The maximum absolute atomic E-state index is 4.53. The number of hydrogen-bond donors (Lipinski definition) is 1. The Kier molecular flexibility index (Phi) is 5.88. The Balaban J connectivity index is 1.93. The number of nitrogens with one attached hydrogen (secondary N) is 1. The lowest BCUT2D eigenvalue weighted by molar-refractivity contribution is 0.581. The van der Waals surface area contributed by atoms with Gasteiger partial charge in [0.15, 0.2) is 0 Å². The molecule has 4 heteroatoms. The van der Waals surface area contributed by atoms with Gasteiger partial charge in [0.05, 0.1) is 5.69 Å². The topological polar surface area (TPSA) is 29.9 Å². The SMILES string of the molecule is CCc1cc(CC(CSc2ccc(C)cc2)NC)n(C)n1. The van der Waals surface area contributed by atoms with E-state index in [0.717, 1.165) is 18.6 Å². The third kappa shape index (κ3) is 4.61. The monoisotopic (exact) mass is 303 g/mol. The molecule has 1 N–H and O–H groups in total. The van der Waals surface area contributed by atoms with Gasteiger partial charge < -0.3 is 5.32 Å². The van der Waals surface area contributed by atoms with Crippen molar-refractivity contribution in [3.63, 3.8) is 0 Å². The maximum atomic E-state index is 4.53. The Morgan fingerprint density at radius 2 is 2.00 bits per heavy atom. The van der Waals surface area contributed by atoms with E-state index in [9.17, 15) is 0 Å². The van der Waals surface area contributed by atoms with Gasteiger partial charge >= 0.3 is 0 Å². The molecule has 21 heavy (non-hydrogen) atoms. The normalized spacial score (nSPS) is 12.6. The fourth-order valence-electron chi connectivity index (χ4n) is 2.26. The number of nitrogens with zero attached hydrogens (tertiary/aromatic N) is 2. The molecule has 0 fully saturated rings. The number of thioether (sulfide) groups is 1. The van der Waals surface area contributed by atoms with Crippen molar-refractivity contribution in [2.45, 2.75) is 37.6 Å². The molecule has 1 heterocycles. The maximum Gasteiger partial charge on any atom is 0.0624 e. The standard InChI is InChI=1S/C17H25N3S/c1-5-14-10-16(20(4)19-14)11-15(18-3)12-21-17-8-6-13(2)7-9-17/h6-10,15,18H,5,11-12H2,1-4H3. The van der Waals surface area contributed by atoms with Gasteiger partial charge in [-0.15, -0.1) is 11.8 Å². The third-order valence-electron chi connectivity index (χ3n) is 3.73. The second-order valence-electron chi connectivity index (χ2n) is 5.42. The summed E-state index contributed by atoms with van der Waals surface area (Å²) in [4.78, 5) is 1.33. The van der Waals surface area contributed by atoms with Crippen LogP contribution >= 0.6 is 11.8 Å². The predicted molar refractivity (Wildman–Crippen MR) is 91.0 cm³/mol. The second kappa shape index (κ2) is 7.66. The zero-order valence-electron chi connectivity index (χ0n) is 13.4. The number of rotatable bonds is 7. The van der Waals surface area contributed by atoms with E-state index in [-0.39, 0.29) is 0 Å². The van der Waals surface area contributed by atoms with Gasteiger partial charge in [0.2, 0.25) is 0 Å². The average Bonchev–Trinajstić information content (AvgIpc) is 2.85. The first kappa shape index (κ1) is 16.1. The van der Waals surface area contributed by atoms with E-state index in [1.165, 1.54) is 21.8 Å². The summed E-state index contributed by atoms with van der Waals surface area (Å²) in [6, 6.07) is 11.4. The van der Waals surface area contributed by atoms with Crippen molar-refractivity contribution in [3.05, 3.63) is 47.3 Å². The molecule has 0 amide bonds. The second-order valence-corrected chi connectivity index (χ2v) is 6.51. The highest BCUT2D eigenvalue weighted by Crippen LogP contribution is 2.20. The molecule has 1 aromatic heterocycles. The van der Waals surface area contributed by atoms with Gasteiger partial charge in [-0.1, -0.05) is 24.6 Å². The van der Waals surface area contributed by atoms with E-state index in [4.69, 9.17) is 0 Å². The molecule has 0 spiro atoms. The van der Waals surface area contributed by atoms with Gasteiger partial charge in [-0.25, -0.2) is 0 Å². The van der Waals surface area contributed by atoms with E-state index < -0.39 is 0 Å². The van der Waals surface area contributed by atoms with Crippen LogP contribution in [0.25, 0.3) is 0 Å². The van der Waals surface area contributed by atoms with Crippen molar-refractivity contribution in [1.29, 1.82) is 0 Å². The van der Waals surface area contributed by atoms with Crippen molar-refractivity contribution >= 4 is 11.8 Å². The van der Waals surface area contributed by atoms with Crippen LogP contribution in [-0.4, -0.2) is 28.6 Å². The Hall–Kier alpha value is -1.26. The number of hydrogen-bond acceptors (Lipinski definition) is 3. The van der Waals surface area contributed by atoms with Crippen LogP contribution in [0.3, 0.4) is 0 Å². The summed E-state index contributed by atoms with van der Waals surface area (Å²) in [5.41, 5.74) is 3.79. The van der Waals surface area contributed by atoms with Gasteiger partial charge in [-0.3, -0.25) is 4.68 Å². The smallest absolute Gasteiger partial charge is 0.0624 e. The van der Waals surface area contributed by atoms with Crippen LogP contribution in [0.1, 0.15) is 23.9 Å². The molecular formula is C17H25N3S. The number of aromatic nitrogens is 2. The van der Waals surface area contributed by atoms with Crippen LogP contribution in [0, 0.1) is 6.92 Å². The van der Waals surface area contributed by atoms with Crippen LogP contribution in [0.15, 0.2) is 35.2 Å². The molecule has 1 atom stereocenters. The molecule has 1 aromatic carbocycles. The quantitative estimate of drug-likeness (QED) is 0.797. The van der Waals surface area contributed by atoms with Crippen molar-refractivity contribution in [2.24, 2.45) is 7.05 Å². The fraction of sp³-hybridized carbons (Fsp3) is 0.471. The fourth-order valence-corrected chi connectivity index (χ4v) is 3.27. The molecule has 3 nitrogen and oxygen atoms in total. The molecular weight excluding hydrogens is 278 g/mol. The minimum atomic E-state index is 0.455. The van der Waals surface area contributed by atoms with E-state index in [1.807, 2.05) is 30.5 Å². The van der Waals surface area contributed by atoms with Gasteiger partial charge in [-0.05, 0) is 38.6 Å². The summed E-state index contributed by atoms with van der Waals surface area (Å²) >= 11 is 1.91. The third-order valence-corrected chi connectivity index (χ3v) is 4.90. The first-order valence-electron chi connectivity index (χ1n) is 7.51. The summed E-state index contributed by atoms with van der Waals surface area (Å²) in [7, 11) is 4.08. The highest BCUT2D eigenvalue weighted by molar-refractivity contribution is 7.99. The first-order valence-corrected chi connectivity index (χ1v) is 8.49. The Morgan fingerprint density at radius 3 is 2.57 bits per heavy atom. The van der Waals surface area contributed by atoms with Crippen LogP contribution in [0.5, 0.6) is 0 Å². The van der Waals surface area contributed by atoms with Crippen molar-refractivity contribution in [3.8, 4) is 0 Å². The molecule has 0 aliphatic rings. The molecule has 0 aliphatic carbocycles. The van der Waals surface area contributed by atoms with Gasteiger partial charge in [0.25, 0.3) is 0 Å². The lowest BCUT2D eigenvalue weighted by atomic mass is 10.1. The zero-order valence-corrected chi connectivity index (χ0v) is 14.2. The first-order chi connectivity index (χ1) is 10.1. The predicted octanol–water partition coefficient (Wildman–Crippen LogP) is 3.21. The van der Waals surface area contributed by atoms with E-state index in [2.05, 4.69) is 54.6 Å². The molecule has 114 valence electrons. The van der Waals surface area contributed by atoms with Crippen LogP contribution in [0.4, 0.5) is 0 Å². The van der Waals surface area contributed by atoms with Gasteiger partial charge in [0.1, 0.15) is 0 Å². The average molecular weight is 303 g/mol. The van der Waals surface area contributed by atoms with E-state index in [0.29, 0.717) is 6.04 Å². The highest BCUT2D eigenvalue weighted by Gasteiger charge is 2.12. The largest absolute Gasteiger partial charge is 0.316 e. The zero-order chi connectivity index (χ0) is 15.2. The summed E-state index contributed by atoms with van der Waals surface area (Å²) in [5.74, 6) is 1.06. The Morgan fingerprint density at radius 1 is 1.29 bits per heavy atom. The van der Waals surface area contributed by atoms with Crippen LogP contribution < -0.4 is 5.32 Å². The number of benzene rings is 1. The summed E-state index contributed by atoms with van der Waals surface area (Å²) in [5, 5.41) is 7.95. The van der Waals surface area contributed by atoms with Crippen LogP contribution in [-0.2, 0) is 19.9 Å². The molecule has 0 saturated heterocycles. The van der Waals surface area contributed by atoms with Crippen molar-refractivity contribution in [1.82, 2.24) is 15.1 Å². The molecule has 1 unspecified atom stereocenters.